The number of fused-ring (bicyclic) bond motifs is 3. The highest BCUT2D eigenvalue weighted by Crippen LogP contribution is 2.32. The summed E-state index contributed by atoms with van der Waals surface area (Å²) in [6.07, 6.45) is -0.472. The minimum atomic E-state index is -0.707. The lowest BCUT2D eigenvalue weighted by atomic mass is 10.1. The summed E-state index contributed by atoms with van der Waals surface area (Å²) in [5, 5.41) is 15.3. The molecule has 1 aromatic carbocycles. The molecular weight excluding hydrogens is 420 g/mol. The highest BCUT2D eigenvalue weighted by molar-refractivity contribution is 6.31. The molecule has 1 amide bonds. The topological polar surface area (TPSA) is 89.2 Å². The number of carbonyl (C=O) groups is 1. The third-order valence-electron chi connectivity index (χ3n) is 5.88. The van der Waals surface area contributed by atoms with Gasteiger partial charge in [0.25, 0.3) is 5.91 Å². The first kappa shape index (κ1) is 20.2. The second-order valence-electron chi connectivity index (χ2n) is 7.89. The van der Waals surface area contributed by atoms with Gasteiger partial charge in [0.2, 0.25) is 0 Å². The predicted molar refractivity (Wildman–Crippen MR) is 113 cm³/mol. The number of ether oxygens (including phenoxy) is 2. The summed E-state index contributed by atoms with van der Waals surface area (Å²) in [6, 6.07) is 7.09. The van der Waals surface area contributed by atoms with Crippen molar-refractivity contribution in [2.45, 2.75) is 45.6 Å². The van der Waals surface area contributed by atoms with Crippen LogP contribution in [-0.4, -0.2) is 55.9 Å². The molecule has 4 heterocycles. The number of nitrogens with zero attached hydrogens (tertiary/aromatic N) is 4. The van der Waals surface area contributed by atoms with E-state index in [1.165, 1.54) is 0 Å². The fourth-order valence-electron chi connectivity index (χ4n) is 4.12. The minimum Gasteiger partial charge on any atom is -0.484 e. The molecule has 0 bridgehead atoms. The van der Waals surface area contributed by atoms with E-state index in [2.05, 4.69) is 5.10 Å². The molecule has 3 aromatic rings. The van der Waals surface area contributed by atoms with Crippen LogP contribution in [0.3, 0.4) is 0 Å². The van der Waals surface area contributed by atoms with Crippen molar-refractivity contribution in [3.05, 3.63) is 57.5 Å². The predicted octanol–water partition coefficient (Wildman–Crippen LogP) is 2.55. The summed E-state index contributed by atoms with van der Waals surface area (Å²) in [5.74, 6) is 0.288. The van der Waals surface area contributed by atoms with Gasteiger partial charge in [-0.3, -0.25) is 4.79 Å². The average Bonchev–Trinajstić information content (AvgIpc) is 3.46. The molecular formula is C22H23ClN4O4. The molecule has 2 atom stereocenters. The van der Waals surface area contributed by atoms with Crippen molar-refractivity contribution in [1.82, 2.24) is 19.5 Å². The number of para-hydroxylation sites is 1. The molecule has 1 saturated heterocycles. The quantitative estimate of drug-likeness (QED) is 0.668. The van der Waals surface area contributed by atoms with E-state index in [4.69, 9.17) is 26.1 Å². The number of aromatic nitrogens is 3. The summed E-state index contributed by atoms with van der Waals surface area (Å²) in [4.78, 5) is 19.8. The van der Waals surface area contributed by atoms with Crippen molar-refractivity contribution >= 4 is 23.2 Å². The third kappa shape index (κ3) is 3.35. The lowest BCUT2D eigenvalue weighted by Gasteiger charge is -2.21. The molecule has 1 fully saturated rings. The van der Waals surface area contributed by atoms with Crippen molar-refractivity contribution in [3.63, 3.8) is 0 Å². The Kier molecular flexibility index (Phi) is 5.08. The van der Waals surface area contributed by atoms with E-state index in [9.17, 15) is 9.90 Å². The van der Waals surface area contributed by atoms with Gasteiger partial charge in [0.1, 0.15) is 18.0 Å². The Hall–Kier alpha value is -2.68. The minimum absolute atomic E-state index is 0.151. The Morgan fingerprint density at radius 3 is 2.87 bits per heavy atom. The monoisotopic (exact) mass is 442 g/mol. The maximum absolute atomic E-state index is 13.3. The summed E-state index contributed by atoms with van der Waals surface area (Å²) >= 11 is 6.42. The van der Waals surface area contributed by atoms with Crippen LogP contribution in [0, 0.1) is 6.92 Å². The van der Waals surface area contributed by atoms with Gasteiger partial charge < -0.3 is 19.5 Å². The second kappa shape index (κ2) is 7.78. The standard InChI is InChI=1S/C22H23ClN4O4/c1-3-15-20(23)12(2)27-21(24-15)14-8-26(9-16(14)25-27)22(29)13-6-4-5-7-18(13)31-19-11-30-10-17(19)28/h4-7,17,19,28H,3,8-11H2,1-2H3/t17-,19-/m0/s1. The number of aryl methyl sites for hydroxylation is 2. The van der Waals surface area contributed by atoms with Crippen molar-refractivity contribution in [2.75, 3.05) is 13.2 Å². The van der Waals surface area contributed by atoms with Gasteiger partial charge in [-0.15, -0.1) is 0 Å². The second-order valence-corrected chi connectivity index (χ2v) is 8.27. The molecule has 9 heteroatoms. The van der Waals surface area contributed by atoms with Crippen molar-refractivity contribution < 1.29 is 19.4 Å². The number of rotatable bonds is 4. The summed E-state index contributed by atoms with van der Waals surface area (Å²) < 4.78 is 12.9. The molecule has 2 aliphatic heterocycles. The highest BCUT2D eigenvalue weighted by atomic mass is 35.5. The van der Waals surface area contributed by atoms with Gasteiger partial charge in [0, 0.05) is 5.56 Å². The molecule has 31 heavy (non-hydrogen) atoms. The Morgan fingerprint density at radius 1 is 1.32 bits per heavy atom. The SMILES string of the molecule is CCc1nc2c3c(nn2c(C)c1Cl)CN(C(=O)c1ccccc1O[C@H]1COC[C@@H]1O)C3. The van der Waals surface area contributed by atoms with Crippen molar-refractivity contribution in [2.24, 2.45) is 0 Å². The first-order chi connectivity index (χ1) is 15.0. The normalized spacial score (nSPS) is 20.5. The van der Waals surface area contributed by atoms with Crippen LogP contribution in [0.4, 0.5) is 0 Å². The van der Waals surface area contributed by atoms with Gasteiger partial charge in [-0.2, -0.15) is 5.10 Å². The molecule has 2 aromatic heterocycles. The number of halogens is 1. The molecule has 5 rings (SSSR count). The molecule has 0 spiro atoms. The van der Waals surface area contributed by atoms with Crippen LogP contribution in [0.5, 0.6) is 5.75 Å². The van der Waals surface area contributed by atoms with Gasteiger partial charge in [-0.25, -0.2) is 9.50 Å². The largest absolute Gasteiger partial charge is 0.484 e. The first-order valence-electron chi connectivity index (χ1n) is 10.3. The van der Waals surface area contributed by atoms with E-state index in [0.717, 1.165) is 34.7 Å². The lowest BCUT2D eigenvalue weighted by molar-refractivity contribution is 0.0667. The van der Waals surface area contributed by atoms with E-state index in [-0.39, 0.29) is 12.5 Å². The van der Waals surface area contributed by atoms with Crippen molar-refractivity contribution in [1.29, 1.82) is 0 Å². The summed E-state index contributed by atoms with van der Waals surface area (Å²) in [5.41, 5.74) is 4.65. The van der Waals surface area contributed by atoms with Gasteiger partial charge in [0.05, 0.1) is 54.0 Å². The first-order valence-corrected chi connectivity index (χ1v) is 10.7. The fourth-order valence-corrected chi connectivity index (χ4v) is 4.38. The zero-order valence-electron chi connectivity index (χ0n) is 17.3. The molecule has 8 nitrogen and oxygen atoms in total. The van der Waals surface area contributed by atoms with E-state index in [1.54, 1.807) is 33.7 Å². The molecule has 0 aliphatic carbocycles. The van der Waals surface area contributed by atoms with Gasteiger partial charge >= 0.3 is 0 Å². The number of amides is 1. The van der Waals surface area contributed by atoms with Gasteiger partial charge in [-0.1, -0.05) is 30.7 Å². The van der Waals surface area contributed by atoms with Crippen LogP contribution in [0.1, 0.15) is 39.9 Å². The Labute approximate surface area is 184 Å². The van der Waals surface area contributed by atoms with Crippen LogP contribution in [0.15, 0.2) is 24.3 Å². The molecule has 0 unspecified atom stereocenters. The number of hydrogen-bond acceptors (Lipinski definition) is 6. The maximum atomic E-state index is 13.3. The molecule has 0 saturated carbocycles. The molecule has 162 valence electrons. The van der Waals surface area contributed by atoms with E-state index >= 15 is 0 Å². The zero-order chi connectivity index (χ0) is 21.7. The average molecular weight is 443 g/mol. The number of hydrogen-bond donors (Lipinski definition) is 1. The fraction of sp³-hybridized carbons (Fsp3) is 0.409. The highest BCUT2D eigenvalue weighted by Gasteiger charge is 2.33. The number of benzene rings is 1. The van der Waals surface area contributed by atoms with Crippen LogP contribution in [0.2, 0.25) is 5.02 Å². The number of aliphatic hydroxyl groups is 1. The summed E-state index contributed by atoms with van der Waals surface area (Å²) in [6.45, 7) is 5.27. The van der Waals surface area contributed by atoms with Crippen LogP contribution >= 0.6 is 11.6 Å². The Balaban J connectivity index is 1.43. The lowest BCUT2D eigenvalue weighted by Crippen LogP contribution is -2.31. The van der Waals surface area contributed by atoms with Gasteiger partial charge in [-0.05, 0) is 25.5 Å². The van der Waals surface area contributed by atoms with Crippen LogP contribution in [0.25, 0.3) is 5.65 Å². The number of aliphatic hydroxyl groups excluding tert-OH is 1. The van der Waals surface area contributed by atoms with Crippen LogP contribution < -0.4 is 4.74 Å². The molecule has 1 N–H and O–H groups in total. The molecule has 0 radical (unpaired) electrons. The van der Waals surface area contributed by atoms with E-state index in [1.807, 2.05) is 13.8 Å². The van der Waals surface area contributed by atoms with E-state index < -0.39 is 12.2 Å². The Bertz CT molecular complexity index is 1180. The van der Waals surface area contributed by atoms with Gasteiger partial charge in [0.15, 0.2) is 5.65 Å². The smallest absolute Gasteiger partial charge is 0.258 e. The third-order valence-corrected chi connectivity index (χ3v) is 6.37. The van der Waals surface area contributed by atoms with Crippen LogP contribution in [-0.2, 0) is 24.2 Å². The molecule has 2 aliphatic rings. The maximum Gasteiger partial charge on any atom is 0.258 e. The summed E-state index contributed by atoms with van der Waals surface area (Å²) in [7, 11) is 0. The zero-order valence-corrected chi connectivity index (χ0v) is 18.1. The number of carbonyl (C=O) groups excluding carboxylic acids is 1. The van der Waals surface area contributed by atoms with Crippen molar-refractivity contribution in [3.8, 4) is 5.75 Å². The Morgan fingerprint density at radius 2 is 2.13 bits per heavy atom. The van der Waals surface area contributed by atoms with E-state index in [0.29, 0.717) is 36.0 Å².